The van der Waals surface area contributed by atoms with Crippen molar-refractivity contribution in [1.29, 1.82) is 0 Å². The van der Waals surface area contributed by atoms with Gasteiger partial charge >= 0.3 is 12.1 Å². The lowest BCUT2D eigenvalue weighted by Gasteiger charge is -2.44. The van der Waals surface area contributed by atoms with Crippen LogP contribution in [0.1, 0.15) is 44.1 Å². The van der Waals surface area contributed by atoms with Gasteiger partial charge in [0.2, 0.25) is 11.8 Å². The van der Waals surface area contributed by atoms with Gasteiger partial charge < -0.3 is 5.11 Å². The minimum Gasteiger partial charge on any atom is -0.480 e. The van der Waals surface area contributed by atoms with Gasteiger partial charge in [-0.05, 0) is 30.7 Å². The Labute approximate surface area is 166 Å². The molecule has 2 aliphatic rings. The van der Waals surface area contributed by atoms with Crippen molar-refractivity contribution in [1.82, 2.24) is 4.90 Å². The number of amides is 2. The second-order valence-electron chi connectivity index (χ2n) is 7.93. The van der Waals surface area contributed by atoms with Crippen molar-refractivity contribution in [3.05, 3.63) is 35.9 Å². The predicted molar refractivity (Wildman–Crippen MR) is 97.6 cm³/mol. The standard InChI is InChI=1S/C21H24F3NO4/c22-21(23,24)16(14-9-5-2-6-10-14)12-17(26)25-18(20(28)29)15(19(25)27)11-13-7-3-1-4-8-13/h1,3-4,7-8,14-16,18H,2,5-6,9-12H2,(H,28,29)/t15-,16+,18+/m1/s1. The highest BCUT2D eigenvalue weighted by Crippen LogP contribution is 2.42. The largest absolute Gasteiger partial charge is 0.480 e. The first-order valence-corrected chi connectivity index (χ1v) is 9.89. The monoisotopic (exact) mass is 411 g/mol. The van der Waals surface area contributed by atoms with Gasteiger partial charge in [0.25, 0.3) is 0 Å². The summed E-state index contributed by atoms with van der Waals surface area (Å²) in [6.45, 7) is 0. The Morgan fingerprint density at radius 3 is 2.28 bits per heavy atom. The number of rotatable bonds is 6. The van der Waals surface area contributed by atoms with Gasteiger partial charge in [0.1, 0.15) is 6.04 Å². The molecule has 1 saturated carbocycles. The van der Waals surface area contributed by atoms with Crippen molar-refractivity contribution in [2.45, 2.75) is 57.2 Å². The zero-order chi connectivity index (χ0) is 21.2. The number of carboxylic acid groups (broad SMARTS) is 1. The number of carbonyl (C=O) groups is 3. The van der Waals surface area contributed by atoms with Gasteiger partial charge in [-0.25, -0.2) is 4.79 Å². The molecule has 1 heterocycles. The van der Waals surface area contributed by atoms with Crippen LogP contribution in [0.2, 0.25) is 0 Å². The average Bonchev–Trinajstić information content (AvgIpc) is 2.68. The number of nitrogens with zero attached hydrogens (tertiary/aromatic N) is 1. The topological polar surface area (TPSA) is 74.7 Å². The van der Waals surface area contributed by atoms with Crippen LogP contribution in [0.3, 0.4) is 0 Å². The molecule has 2 amide bonds. The fourth-order valence-corrected chi connectivity index (χ4v) is 4.55. The highest BCUT2D eigenvalue weighted by molar-refractivity contribution is 6.08. The van der Waals surface area contributed by atoms with Crippen molar-refractivity contribution < 1.29 is 32.7 Å². The Balaban J connectivity index is 1.73. The molecule has 29 heavy (non-hydrogen) atoms. The van der Waals surface area contributed by atoms with Crippen LogP contribution in [-0.2, 0) is 20.8 Å². The van der Waals surface area contributed by atoms with Gasteiger partial charge in [0.15, 0.2) is 0 Å². The summed E-state index contributed by atoms with van der Waals surface area (Å²) in [6.07, 6.45) is -2.27. The van der Waals surface area contributed by atoms with Crippen molar-refractivity contribution in [2.75, 3.05) is 0 Å². The molecule has 1 aromatic carbocycles. The fraction of sp³-hybridized carbons (Fsp3) is 0.571. The first-order chi connectivity index (χ1) is 13.7. The smallest absolute Gasteiger partial charge is 0.392 e. The van der Waals surface area contributed by atoms with Gasteiger partial charge in [0, 0.05) is 6.42 Å². The van der Waals surface area contributed by atoms with Gasteiger partial charge in [0.05, 0.1) is 11.8 Å². The maximum atomic E-state index is 13.6. The van der Waals surface area contributed by atoms with E-state index >= 15 is 0 Å². The lowest BCUT2D eigenvalue weighted by Crippen LogP contribution is -2.67. The quantitative estimate of drug-likeness (QED) is 0.723. The van der Waals surface area contributed by atoms with Crippen LogP contribution in [-0.4, -0.2) is 40.0 Å². The summed E-state index contributed by atoms with van der Waals surface area (Å²) in [7, 11) is 0. The number of benzene rings is 1. The zero-order valence-electron chi connectivity index (χ0n) is 15.9. The molecule has 0 spiro atoms. The predicted octanol–water partition coefficient (Wildman–Crippen LogP) is 3.82. The molecule has 1 N–H and O–H groups in total. The van der Waals surface area contributed by atoms with Crippen LogP contribution in [0.15, 0.2) is 30.3 Å². The minimum absolute atomic E-state index is 0.131. The minimum atomic E-state index is -4.56. The maximum absolute atomic E-state index is 13.6. The van der Waals surface area contributed by atoms with E-state index in [0.717, 1.165) is 12.0 Å². The first-order valence-electron chi connectivity index (χ1n) is 9.89. The SMILES string of the molecule is O=C(O)[C@@H]1[C@@H](Cc2ccccc2)C(=O)N1C(=O)C[C@@H](C1CCCCC1)C(F)(F)F. The van der Waals surface area contributed by atoms with E-state index in [1.165, 1.54) is 0 Å². The van der Waals surface area contributed by atoms with Crippen LogP contribution >= 0.6 is 0 Å². The summed E-state index contributed by atoms with van der Waals surface area (Å²) in [6, 6.07) is 7.32. The molecule has 5 nitrogen and oxygen atoms in total. The fourth-order valence-electron chi connectivity index (χ4n) is 4.55. The zero-order valence-corrected chi connectivity index (χ0v) is 15.9. The van der Waals surface area contributed by atoms with Gasteiger partial charge in [-0.15, -0.1) is 0 Å². The number of imide groups is 1. The highest BCUT2D eigenvalue weighted by atomic mass is 19.4. The van der Waals surface area contributed by atoms with Crippen molar-refractivity contribution in [3.8, 4) is 0 Å². The molecule has 0 radical (unpaired) electrons. The third kappa shape index (κ3) is 4.62. The van der Waals surface area contributed by atoms with E-state index in [4.69, 9.17) is 0 Å². The Bertz CT molecular complexity index is 759. The number of carbonyl (C=O) groups excluding carboxylic acids is 2. The second-order valence-corrected chi connectivity index (χ2v) is 7.93. The summed E-state index contributed by atoms with van der Waals surface area (Å²) in [5.74, 6) is -6.58. The second kappa shape index (κ2) is 8.55. The molecule has 1 aliphatic heterocycles. The maximum Gasteiger partial charge on any atom is 0.392 e. The Hall–Kier alpha value is -2.38. The Morgan fingerprint density at radius 1 is 1.10 bits per heavy atom. The summed E-state index contributed by atoms with van der Waals surface area (Å²) >= 11 is 0. The number of likely N-dealkylation sites (tertiary alicyclic amines) is 1. The first kappa shape index (κ1) is 21.3. The average molecular weight is 411 g/mol. The van der Waals surface area contributed by atoms with Gasteiger partial charge in [-0.3, -0.25) is 14.5 Å². The molecule has 0 unspecified atom stereocenters. The van der Waals surface area contributed by atoms with Crippen molar-refractivity contribution >= 4 is 17.8 Å². The van der Waals surface area contributed by atoms with E-state index in [2.05, 4.69) is 0 Å². The number of hydrogen-bond acceptors (Lipinski definition) is 3. The van der Waals surface area contributed by atoms with Gasteiger partial charge in [-0.2, -0.15) is 13.2 Å². The molecule has 8 heteroatoms. The van der Waals surface area contributed by atoms with Crippen LogP contribution in [0.4, 0.5) is 13.2 Å². The molecular formula is C21H24F3NO4. The van der Waals surface area contributed by atoms with E-state index < -0.39 is 54.2 Å². The molecular weight excluding hydrogens is 387 g/mol. The van der Waals surface area contributed by atoms with E-state index in [1.807, 2.05) is 0 Å². The summed E-state index contributed by atoms with van der Waals surface area (Å²) in [5.41, 5.74) is 0.736. The number of aliphatic carboxylic acids is 1. The van der Waals surface area contributed by atoms with Crippen molar-refractivity contribution in [3.63, 3.8) is 0 Å². The normalized spacial score (nSPS) is 24.1. The van der Waals surface area contributed by atoms with Crippen LogP contribution < -0.4 is 0 Å². The van der Waals surface area contributed by atoms with Gasteiger partial charge in [-0.1, -0.05) is 49.6 Å². The molecule has 158 valence electrons. The van der Waals surface area contributed by atoms with Crippen LogP contribution in [0.25, 0.3) is 0 Å². The summed E-state index contributed by atoms with van der Waals surface area (Å²) < 4.78 is 40.8. The van der Waals surface area contributed by atoms with Crippen LogP contribution in [0.5, 0.6) is 0 Å². The molecule has 0 bridgehead atoms. The molecule has 2 fully saturated rings. The van der Waals surface area contributed by atoms with E-state index in [9.17, 15) is 32.7 Å². The third-order valence-corrected chi connectivity index (χ3v) is 6.07. The van der Waals surface area contributed by atoms with E-state index in [0.29, 0.717) is 30.6 Å². The van der Waals surface area contributed by atoms with E-state index in [1.54, 1.807) is 30.3 Å². The van der Waals surface area contributed by atoms with E-state index in [-0.39, 0.29) is 6.42 Å². The molecule has 3 atom stereocenters. The number of halogens is 3. The summed E-state index contributed by atoms with van der Waals surface area (Å²) in [4.78, 5) is 37.3. The molecule has 1 saturated heterocycles. The Kier molecular flexibility index (Phi) is 6.29. The summed E-state index contributed by atoms with van der Waals surface area (Å²) in [5, 5.41) is 9.49. The third-order valence-electron chi connectivity index (χ3n) is 6.07. The van der Waals surface area contributed by atoms with Crippen molar-refractivity contribution in [2.24, 2.45) is 17.8 Å². The molecule has 1 aliphatic carbocycles. The number of carboxylic acids is 1. The van der Waals surface area contributed by atoms with Crippen LogP contribution in [0, 0.1) is 17.8 Å². The molecule has 3 rings (SSSR count). The molecule has 1 aromatic rings. The number of hydrogen-bond donors (Lipinski definition) is 1. The number of β-lactam (4-membered cyclic amide) rings is 1. The lowest BCUT2D eigenvalue weighted by atomic mass is 9.77. The Morgan fingerprint density at radius 2 is 1.72 bits per heavy atom. The highest BCUT2D eigenvalue weighted by Gasteiger charge is 2.56. The lowest BCUT2D eigenvalue weighted by molar-refractivity contribution is -0.200. The molecule has 0 aromatic heterocycles. The number of alkyl halides is 3.